The Kier molecular flexibility index (Phi) is 3.75. The molecule has 3 heteroatoms. The second-order valence-corrected chi connectivity index (χ2v) is 4.09. The number of carbonyl (C=O) groups is 1. The molecule has 2 aromatic rings. The molecular formula is C15H15NO2. The van der Waals surface area contributed by atoms with Crippen molar-refractivity contribution >= 4 is 17.2 Å². The van der Waals surface area contributed by atoms with Gasteiger partial charge < -0.3 is 10.4 Å². The molecule has 0 amide bonds. The van der Waals surface area contributed by atoms with E-state index in [9.17, 15) is 4.79 Å². The van der Waals surface area contributed by atoms with Crippen LogP contribution in [-0.2, 0) is 6.61 Å². The third-order valence-electron chi connectivity index (χ3n) is 2.69. The van der Waals surface area contributed by atoms with Crippen molar-refractivity contribution < 1.29 is 9.90 Å². The number of carbonyl (C=O) groups excluding carboxylic acids is 1. The van der Waals surface area contributed by atoms with Gasteiger partial charge in [-0.1, -0.05) is 24.3 Å². The minimum atomic E-state index is 0.00384. The van der Waals surface area contributed by atoms with Gasteiger partial charge in [0.1, 0.15) is 0 Å². The maximum Gasteiger partial charge on any atom is 0.161 e. The normalized spacial score (nSPS) is 10.1. The molecule has 0 aromatic heterocycles. The van der Waals surface area contributed by atoms with Crippen LogP contribution in [0.5, 0.6) is 0 Å². The molecule has 0 bridgehead atoms. The van der Waals surface area contributed by atoms with Crippen LogP contribution in [0.25, 0.3) is 0 Å². The van der Waals surface area contributed by atoms with Gasteiger partial charge in [-0.2, -0.15) is 0 Å². The minimum absolute atomic E-state index is 0.00384. The summed E-state index contributed by atoms with van der Waals surface area (Å²) in [6.45, 7) is 1.55. The number of Topliss-reactive ketones (excluding diaryl/α,β-unsaturated/α-hetero) is 1. The first-order chi connectivity index (χ1) is 8.70. The van der Waals surface area contributed by atoms with Crippen molar-refractivity contribution in [3.63, 3.8) is 0 Å². The van der Waals surface area contributed by atoms with Crippen molar-refractivity contribution in [2.45, 2.75) is 13.5 Å². The van der Waals surface area contributed by atoms with Crippen LogP contribution < -0.4 is 5.32 Å². The van der Waals surface area contributed by atoms with Gasteiger partial charge in [-0.15, -0.1) is 0 Å². The van der Waals surface area contributed by atoms with Gasteiger partial charge in [0, 0.05) is 16.9 Å². The summed E-state index contributed by atoms with van der Waals surface area (Å²) in [7, 11) is 0. The number of aliphatic hydroxyl groups excluding tert-OH is 1. The van der Waals surface area contributed by atoms with Gasteiger partial charge in [-0.05, 0) is 36.8 Å². The average Bonchev–Trinajstić information content (AvgIpc) is 2.39. The summed E-state index contributed by atoms with van der Waals surface area (Å²) in [5.74, 6) is 0.0245. The van der Waals surface area contributed by atoms with Gasteiger partial charge in [0.05, 0.1) is 6.61 Å². The van der Waals surface area contributed by atoms with E-state index in [1.54, 1.807) is 13.0 Å². The molecule has 92 valence electrons. The fraction of sp³-hybridized carbons (Fsp3) is 0.133. The van der Waals surface area contributed by atoms with Crippen LogP contribution in [0.15, 0.2) is 48.5 Å². The van der Waals surface area contributed by atoms with E-state index < -0.39 is 0 Å². The van der Waals surface area contributed by atoms with Gasteiger partial charge in [-0.3, -0.25) is 4.79 Å². The summed E-state index contributed by atoms with van der Waals surface area (Å²) in [6.07, 6.45) is 0. The summed E-state index contributed by atoms with van der Waals surface area (Å²) in [5.41, 5.74) is 3.13. The molecule has 3 nitrogen and oxygen atoms in total. The number of anilines is 2. The van der Waals surface area contributed by atoms with E-state index in [-0.39, 0.29) is 12.4 Å². The van der Waals surface area contributed by atoms with E-state index in [1.165, 1.54) is 0 Å². The van der Waals surface area contributed by atoms with Gasteiger partial charge in [0.25, 0.3) is 0 Å². The van der Waals surface area contributed by atoms with Gasteiger partial charge in [-0.25, -0.2) is 0 Å². The highest BCUT2D eigenvalue weighted by molar-refractivity contribution is 6.00. The number of hydrogen-bond acceptors (Lipinski definition) is 3. The van der Waals surface area contributed by atoms with Gasteiger partial charge in [0.2, 0.25) is 0 Å². The maximum atomic E-state index is 11.5. The van der Waals surface area contributed by atoms with Gasteiger partial charge in [0.15, 0.2) is 5.78 Å². The highest BCUT2D eigenvalue weighted by Gasteiger charge is 2.06. The summed E-state index contributed by atoms with van der Waals surface area (Å²) in [5, 5.41) is 12.3. The van der Waals surface area contributed by atoms with Crippen LogP contribution in [0.1, 0.15) is 22.8 Å². The summed E-state index contributed by atoms with van der Waals surface area (Å²) < 4.78 is 0. The first kappa shape index (κ1) is 12.3. The van der Waals surface area contributed by atoms with Crippen molar-refractivity contribution in [1.29, 1.82) is 0 Å². The minimum Gasteiger partial charge on any atom is -0.392 e. The van der Waals surface area contributed by atoms with Crippen molar-refractivity contribution in [2.75, 3.05) is 5.32 Å². The summed E-state index contributed by atoms with van der Waals surface area (Å²) in [4.78, 5) is 11.5. The van der Waals surface area contributed by atoms with Crippen molar-refractivity contribution in [1.82, 2.24) is 0 Å². The SMILES string of the molecule is CC(=O)c1ccccc1Nc1cccc(CO)c1. The zero-order chi connectivity index (χ0) is 13.0. The van der Waals surface area contributed by atoms with E-state index in [0.717, 1.165) is 16.9 Å². The molecule has 0 atom stereocenters. The molecule has 0 heterocycles. The van der Waals surface area contributed by atoms with E-state index in [1.807, 2.05) is 42.5 Å². The van der Waals surface area contributed by atoms with Crippen LogP contribution in [0.4, 0.5) is 11.4 Å². The lowest BCUT2D eigenvalue weighted by molar-refractivity contribution is 0.101. The van der Waals surface area contributed by atoms with E-state index in [4.69, 9.17) is 5.11 Å². The summed E-state index contributed by atoms with van der Waals surface area (Å²) in [6, 6.07) is 14.8. The quantitative estimate of drug-likeness (QED) is 0.808. The molecule has 0 aliphatic rings. The van der Waals surface area contributed by atoms with Gasteiger partial charge >= 0.3 is 0 Å². The molecule has 2 aromatic carbocycles. The Balaban J connectivity index is 2.31. The first-order valence-corrected chi connectivity index (χ1v) is 5.77. The highest BCUT2D eigenvalue weighted by atomic mass is 16.3. The third-order valence-corrected chi connectivity index (χ3v) is 2.69. The van der Waals surface area contributed by atoms with Crippen LogP contribution >= 0.6 is 0 Å². The Morgan fingerprint density at radius 3 is 2.67 bits per heavy atom. The molecule has 2 rings (SSSR count). The molecule has 0 saturated carbocycles. The second kappa shape index (κ2) is 5.47. The zero-order valence-corrected chi connectivity index (χ0v) is 10.2. The molecule has 0 radical (unpaired) electrons. The average molecular weight is 241 g/mol. The molecule has 2 N–H and O–H groups in total. The largest absolute Gasteiger partial charge is 0.392 e. The van der Waals surface area contributed by atoms with Crippen LogP contribution in [-0.4, -0.2) is 10.9 Å². The molecule has 0 unspecified atom stereocenters. The van der Waals surface area contributed by atoms with Crippen molar-refractivity contribution in [2.24, 2.45) is 0 Å². The Labute approximate surface area is 106 Å². The Bertz CT molecular complexity index is 564. The first-order valence-electron chi connectivity index (χ1n) is 5.77. The number of aliphatic hydroxyl groups is 1. The van der Waals surface area contributed by atoms with Crippen LogP contribution in [0, 0.1) is 0 Å². The number of para-hydroxylation sites is 1. The van der Waals surface area contributed by atoms with Crippen LogP contribution in [0.2, 0.25) is 0 Å². The van der Waals surface area contributed by atoms with E-state index in [2.05, 4.69) is 5.32 Å². The monoisotopic (exact) mass is 241 g/mol. The smallest absolute Gasteiger partial charge is 0.161 e. The molecule has 0 aliphatic heterocycles. The van der Waals surface area contributed by atoms with Crippen molar-refractivity contribution in [3.8, 4) is 0 Å². The summed E-state index contributed by atoms with van der Waals surface area (Å²) >= 11 is 0. The Hall–Kier alpha value is -2.13. The Morgan fingerprint density at radius 2 is 1.94 bits per heavy atom. The molecule has 0 spiro atoms. The predicted octanol–water partition coefficient (Wildman–Crippen LogP) is 3.13. The Morgan fingerprint density at radius 1 is 1.17 bits per heavy atom. The standard InChI is InChI=1S/C15H15NO2/c1-11(18)14-7-2-3-8-15(14)16-13-6-4-5-12(9-13)10-17/h2-9,16-17H,10H2,1H3. The fourth-order valence-corrected chi connectivity index (χ4v) is 1.80. The number of hydrogen-bond donors (Lipinski definition) is 2. The highest BCUT2D eigenvalue weighted by Crippen LogP contribution is 2.21. The number of ketones is 1. The second-order valence-electron chi connectivity index (χ2n) is 4.09. The van der Waals surface area contributed by atoms with E-state index in [0.29, 0.717) is 5.56 Å². The molecule has 18 heavy (non-hydrogen) atoms. The zero-order valence-electron chi connectivity index (χ0n) is 10.2. The number of nitrogens with one attached hydrogen (secondary N) is 1. The predicted molar refractivity (Wildman–Crippen MR) is 72.1 cm³/mol. The number of benzene rings is 2. The number of rotatable bonds is 4. The lowest BCUT2D eigenvalue weighted by Crippen LogP contribution is -2.00. The fourth-order valence-electron chi connectivity index (χ4n) is 1.80. The third kappa shape index (κ3) is 2.76. The molecule has 0 saturated heterocycles. The molecule has 0 fully saturated rings. The molecule has 0 aliphatic carbocycles. The van der Waals surface area contributed by atoms with E-state index >= 15 is 0 Å². The molecular weight excluding hydrogens is 226 g/mol. The maximum absolute atomic E-state index is 11.5. The lowest BCUT2D eigenvalue weighted by Gasteiger charge is -2.10. The lowest BCUT2D eigenvalue weighted by atomic mass is 10.1. The van der Waals surface area contributed by atoms with Crippen molar-refractivity contribution in [3.05, 3.63) is 59.7 Å². The topological polar surface area (TPSA) is 49.3 Å². The van der Waals surface area contributed by atoms with Crippen LogP contribution in [0.3, 0.4) is 0 Å².